The van der Waals surface area contributed by atoms with Crippen molar-refractivity contribution >= 4 is 0 Å². The first-order valence-corrected chi connectivity index (χ1v) is 2.39. The highest BCUT2D eigenvalue weighted by Gasteiger charge is 1.76. The molecule has 7 heavy (non-hydrogen) atoms. The molecule has 38 valence electrons. The van der Waals surface area contributed by atoms with Crippen LogP contribution >= 0.6 is 0 Å². The minimum absolute atomic E-state index is 0.470. The van der Waals surface area contributed by atoms with Gasteiger partial charge in [0.25, 0.3) is 0 Å². The van der Waals surface area contributed by atoms with Crippen molar-refractivity contribution in [1.29, 1.82) is 0 Å². The summed E-state index contributed by atoms with van der Waals surface area (Å²) in [5.41, 5.74) is 0. The molecule has 0 amide bonds. The second kappa shape index (κ2) is 3.49. The molecular formula is C7H10. The minimum Gasteiger partial charge on any atom is -0.0957 e. The maximum absolute atomic E-state index is 3.46. The minimum atomic E-state index is 0.470. The molecule has 0 N–H and O–H groups in total. The zero-order chi connectivity index (χ0) is 5.70. The predicted molar refractivity (Wildman–Crippen MR) is 32.8 cm³/mol. The summed E-state index contributed by atoms with van der Waals surface area (Å²) >= 11 is 0. The fourth-order valence-corrected chi connectivity index (χ4v) is 0.226. The summed E-state index contributed by atoms with van der Waals surface area (Å²) in [5, 5.41) is 0. The second-order valence-electron chi connectivity index (χ2n) is 1.65. The van der Waals surface area contributed by atoms with Crippen molar-refractivity contribution in [1.82, 2.24) is 0 Å². The molecule has 0 rings (SSSR count). The normalized spacial score (nSPS) is 7.29. The molecule has 0 atom stereocenters. The van der Waals surface area contributed by atoms with Gasteiger partial charge < -0.3 is 0 Å². The first-order chi connectivity index (χ1) is 3.27. The van der Waals surface area contributed by atoms with Gasteiger partial charge >= 0.3 is 0 Å². The van der Waals surface area contributed by atoms with Crippen LogP contribution in [0.4, 0.5) is 0 Å². The number of hydrogen-bond donors (Lipinski definition) is 0. The topological polar surface area (TPSA) is 0 Å². The first-order valence-electron chi connectivity index (χ1n) is 2.39. The van der Waals surface area contributed by atoms with Crippen molar-refractivity contribution in [3.63, 3.8) is 0 Å². The van der Waals surface area contributed by atoms with Gasteiger partial charge in [-0.3, -0.25) is 0 Å². The van der Waals surface area contributed by atoms with E-state index in [1.807, 2.05) is 0 Å². The van der Waals surface area contributed by atoms with Crippen molar-refractivity contribution in [2.24, 2.45) is 5.92 Å². The van der Waals surface area contributed by atoms with Crippen LogP contribution in [0.5, 0.6) is 0 Å². The molecule has 0 heterocycles. The quantitative estimate of drug-likeness (QED) is 0.402. The van der Waals surface area contributed by atoms with E-state index >= 15 is 0 Å². The van der Waals surface area contributed by atoms with E-state index in [-0.39, 0.29) is 0 Å². The molecular weight excluding hydrogens is 84.1 g/mol. The van der Waals surface area contributed by atoms with Crippen LogP contribution in [0.2, 0.25) is 0 Å². The molecule has 0 aromatic heterocycles. The van der Waals surface area contributed by atoms with Crippen LogP contribution in [0.3, 0.4) is 0 Å². The zero-order valence-corrected chi connectivity index (χ0v) is 4.86. The number of hydrogen-bond acceptors (Lipinski definition) is 0. The summed E-state index contributed by atoms with van der Waals surface area (Å²) in [6.45, 7) is 7.56. The smallest absolute Gasteiger partial charge is 0.0149 e. The average Bonchev–Trinajstić information content (AvgIpc) is 1.61. The Morgan fingerprint density at radius 2 is 2.14 bits per heavy atom. The largest absolute Gasteiger partial charge is 0.0957 e. The van der Waals surface area contributed by atoms with Gasteiger partial charge in [-0.05, 0) is 6.08 Å². The molecule has 0 nitrogen and oxygen atoms in total. The van der Waals surface area contributed by atoms with Crippen molar-refractivity contribution in [2.45, 2.75) is 13.8 Å². The van der Waals surface area contributed by atoms with Crippen LogP contribution < -0.4 is 0 Å². The van der Waals surface area contributed by atoms with Crippen LogP contribution in [0.25, 0.3) is 0 Å². The molecule has 0 aromatic rings. The van der Waals surface area contributed by atoms with Gasteiger partial charge in [0.05, 0.1) is 0 Å². The van der Waals surface area contributed by atoms with Crippen molar-refractivity contribution in [3.8, 4) is 11.8 Å². The summed E-state index contributed by atoms with van der Waals surface area (Å²) in [5.74, 6) is 6.16. The monoisotopic (exact) mass is 94.1 g/mol. The van der Waals surface area contributed by atoms with Crippen LogP contribution in [0, 0.1) is 17.8 Å². The van der Waals surface area contributed by atoms with Gasteiger partial charge in [-0.25, -0.2) is 0 Å². The van der Waals surface area contributed by atoms with Crippen molar-refractivity contribution in [3.05, 3.63) is 12.7 Å². The molecule has 0 aromatic carbocycles. The van der Waals surface area contributed by atoms with Gasteiger partial charge in [0.15, 0.2) is 0 Å². The van der Waals surface area contributed by atoms with E-state index in [2.05, 4.69) is 32.3 Å². The van der Waals surface area contributed by atoms with E-state index < -0.39 is 0 Å². The van der Waals surface area contributed by atoms with Gasteiger partial charge in [0.1, 0.15) is 0 Å². The standard InChI is InChI=1S/C7H10/c1-4-5-6-7(2)3/h4,7H,1H2,2-3H3. The Labute approximate surface area is 45.2 Å². The van der Waals surface area contributed by atoms with Crippen molar-refractivity contribution < 1.29 is 0 Å². The van der Waals surface area contributed by atoms with Gasteiger partial charge in [0.2, 0.25) is 0 Å². The third-order valence-electron chi connectivity index (χ3n) is 0.474. The Bertz CT molecular complexity index is 98.9. The molecule has 0 spiro atoms. The molecule has 0 saturated heterocycles. The van der Waals surface area contributed by atoms with Gasteiger partial charge in [-0.1, -0.05) is 32.3 Å². The average molecular weight is 94.2 g/mol. The summed E-state index contributed by atoms with van der Waals surface area (Å²) in [4.78, 5) is 0. The summed E-state index contributed by atoms with van der Waals surface area (Å²) in [6.07, 6.45) is 1.61. The van der Waals surface area contributed by atoms with E-state index in [0.29, 0.717) is 5.92 Å². The third-order valence-corrected chi connectivity index (χ3v) is 0.474. The Hall–Kier alpha value is -0.700. The molecule has 0 radical (unpaired) electrons. The maximum Gasteiger partial charge on any atom is 0.0149 e. The fraction of sp³-hybridized carbons (Fsp3) is 0.429. The van der Waals surface area contributed by atoms with E-state index in [1.165, 1.54) is 0 Å². The third kappa shape index (κ3) is 5.30. The molecule has 0 saturated carbocycles. The maximum atomic E-state index is 3.46. The first kappa shape index (κ1) is 6.30. The summed E-state index contributed by atoms with van der Waals surface area (Å²) < 4.78 is 0. The van der Waals surface area contributed by atoms with Crippen LogP contribution in [0.1, 0.15) is 13.8 Å². The summed E-state index contributed by atoms with van der Waals surface area (Å²) in [7, 11) is 0. The molecule has 0 aliphatic heterocycles. The predicted octanol–water partition coefficient (Wildman–Crippen LogP) is 1.83. The lowest BCUT2D eigenvalue weighted by Gasteiger charge is -1.82. The fourth-order valence-electron chi connectivity index (χ4n) is 0.226. The number of rotatable bonds is 0. The lowest BCUT2D eigenvalue weighted by atomic mass is 10.2. The van der Waals surface area contributed by atoms with Crippen LogP contribution in [0.15, 0.2) is 12.7 Å². The highest BCUT2D eigenvalue weighted by Crippen LogP contribution is 1.84. The Kier molecular flexibility index (Phi) is 3.14. The van der Waals surface area contributed by atoms with Gasteiger partial charge in [-0.15, -0.1) is 0 Å². The molecule has 0 heteroatoms. The molecule has 0 unspecified atom stereocenters. The van der Waals surface area contributed by atoms with Crippen LogP contribution in [-0.2, 0) is 0 Å². The molecule has 0 aliphatic rings. The molecule has 0 aliphatic carbocycles. The van der Waals surface area contributed by atoms with E-state index in [4.69, 9.17) is 0 Å². The zero-order valence-electron chi connectivity index (χ0n) is 4.86. The van der Waals surface area contributed by atoms with E-state index in [1.54, 1.807) is 6.08 Å². The Morgan fingerprint density at radius 1 is 1.57 bits per heavy atom. The lowest BCUT2D eigenvalue weighted by Crippen LogP contribution is -1.74. The Morgan fingerprint density at radius 3 is 2.29 bits per heavy atom. The summed E-state index contributed by atoms with van der Waals surface area (Å²) in [6, 6.07) is 0. The van der Waals surface area contributed by atoms with Gasteiger partial charge in [0, 0.05) is 5.92 Å². The van der Waals surface area contributed by atoms with Gasteiger partial charge in [-0.2, -0.15) is 0 Å². The molecule has 0 fully saturated rings. The van der Waals surface area contributed by atoms with E-state index in [9.17, 15) is 0 Å². The highest BCUT2D eigenvalue weighted by molar-refractivity contribution is 5.13. The van der Waals surface area contributed by atoms with Crippen LogP contribution in [-0.4, -0.2) is 0 Å². The SMILES string of the molecule is C=CC#CC(C)C. The lowest BCUT2D eigenvalue weighted by molar-refractivity contribution is 0.867. The molecule has 0 bridgehead atoms. The van der Waals surface area contributed by atoms with Crippen molar-refractivity contribution in [2.75, 3.05) is 0 Å². The second-order valence-corrected chi connectivity index (χ2v) is 1.65. The van der Waals surface area contributed by atoms with E-state index in [0.717, 1.165) is 0 Å². The number of allylic oxidation sites excluding steroid dienone is 1. The Balaban J connectivity index is 3.43. The highest BCUT2D eigenvalue weighted by atomic mass is 13.8.